The maximum Gasteiger partial charge on any atom is 0.230 e. The zero-order valence-electron chi connectivity index (χ0n) is 13.9. The summed E-state index contributed by atoms with van der Waals surface area (Å²) in [5.41, 5.74) is 1.72. The number of carbonyl (C=O) groups is 2. The van der Waals surface area contributed by atoms with Gasteiger partial charge in [-0.05, 0) is 17.5 Å². The maximum atomic E-state index is 12.9. The molecule has 2 aliphatic heterocycles. The van der Waals surface area contributed by atoms with Gasteiger partial charge in [-0.15, -0.1) is 0 Å². The number of fused-ring (bicyclic) bond motifs is 1. The largest absolute Gasteiger partial charge is 0.340 e. The van der Waals surface area contributed by atoms with Crippen LogP contribution in [0.3, 0.4) is 0 Å². The number of hydrogen-bond donors (Lipinski definition) is 1. The standard InChI is InChI=1S/C18H25N3O2/c1-13(2)12-20-7-9-21(10-8-20)18(23)15-11-17(22)19-16-6-4-3-5-14(15)16/h3-6,13,15H,7-12H2,1-2H3,(H,19,22)/t15-/m0/s1. The summed E-state index contributed by atoms with van der Waals surface area (Å²) < 4.78 is 0. The van der Waals surface area contributed by atoms with Gasteiger partial charge >= 0.3 is 0 Å². The second kappa shape index (κ2) is 6.71. The van der Waals surface area contributed by atoms with Crippen LogP contribution in [0.5, 0.6) is 0 Å². The van der Waals surface area contributed by atoms with Crippen LogP contribution >= 0.6 is 0 Å². The molecule has 0 saturated carbocycles. The molecule has 1 N–H and O–H groups in total. The van der Waals surface area contributed by atoms with Crippen molar-refractivity contribution in [1.29, 1.82) is 0 Å². The van der Waals surface area contributed by atoms with E-state index in [1.807, 2.05) is 29.2 Å². The quantitative estimate of drug-likeness (QED) is 0.927. The Bertz CT molecular complexity index is 592. The summed E-state index contributed by atoms with van der Waals surface area (Å²) in [5.74, 6) is 0.333. The molecule has 5 nitrogen and oxygen atoms in total. The summed E-state index contributed by atoms with van der Waals surface area (Å²) in [6.07, 6.45) is 0.252. The minimum atomic E-state index is -0.336. The molecule has 0 bridgehead atoms. The molecule has 5 heteroatoms. The molecule has 2 heterocycles. The van der Waals surface area contributed by atoms with Gasteiger partial charge in [-0.1, -0.05) is 32.0 Å². The Hall–Kier alpha value is -1.88. The molecule has 0 aromatic heterocycles. The van der Waals surface area contributed by atoms with Crippen molar-refractivity contribution in [3.05, 3.63) is 29.8 Å². The Kier molecular flexibility index (Phi) is 4.66. The average molecular weight is 315 g/mol. The van der Waals surface area contributed by atoms with Crippen molar-refractivity contribution in [3.63, 3.8) is 0 Å². The van der Waals surface area contributed by atoms with E-state index < -0.39 is 0 Å². The van der Waals surface area contributed by atoms with Gasteiger partial charge in [0.05, 0.1) is 5.92 Å². The van der Waals surface area contributed by atoms with Crippen LogP contribution < -0.4 is 5.32 Å². The number of anilines is 1. The first kappa shape index (κ1) is 16.0. The minimum absolute atomic E-state index is 0.0690. The first-order valence-electron chi connectivity index (χ1n) is 8.44. The molecule has 1 aromatic rings. The van der Waals surface area contributed by atoms with Crippen LogP contribution in [0.4, 0.5) is 5.69 Å². The molecule has 2 aliphatic rings. The van der Waals surface area contributed by atoms with Crippen molar-refractivity contribution in [2.45, 2.75) is 26.2 Å². The minimum Gasteiger partial charge on any atom is -0.340 e. The lowest BCUT2D eigenvalue weighted by Gasteiger charge is -2.38. The molecule has 0 spiro atoms. The second-order valence-corrected chi connectivity index (χ2v) is 6.91. The van der Waals surface area contributed by atoms with E-state index in [4.69, 9.17) is 0 Å². The van der Waals surface area contributed by atoms with Crippen molar-refractivity contribution in [2.75, 3.05) is 38.0 Å². The molecular weight excluding hydrogens is 290 g/mol. The Labute approximate surface area is 137 Å². The fourth-order valence-corrected chi connectivity index (χ4v) is 3.52. The van der Waals surface area contributed by atoms with Gasteiger partial charge in [-0.25, -0.2) is 0 Å². The summed E-state index contributed by atoms with van der Waals surface area (Å²) >= 11 is 0. The number of hydrogen-bond acceptors (Lipinski definition) is 3. The molecule has 1 aromatic carbocycles. The van der Waals surface area contributed by atoms with Gasteiger partial charge < -0.3 is 10.2 Å². The molecule has 3 rings (SSSR count). The van der Waals surface area contributed by atoms with Gasteiger partial charge in [-0.2, -0.15) is 0 Å². The van der Waals surface area contributed by atoms with Crippen LogP contribution in [0.2, 0.25) is 0 Å². The summed E-state index contributed by atoms with van der Waals surface area (Å²) in [6.45, 7) is 8.87. The zero-order valence-corrected chi connectivity index (χ0v) is 13.9. The third kappa shape index (κ3) is 3.55. The fourth-order valence-electron chi connectivity index (χ4n) is 3.52. The number of piperazine rings is 1. The molecule has 2 amide bonds. The van der Waals surface area contributed by atoms with Crippen molar-refractivity contribution >= 4 is 17.5 Å². The maximum absolute atomic E-state index is 12.9. The highest BCUT2D eigenvalue weighted by molar-refractivity contribution is 6.01. The van der Waals surface area contributed by atoms with Gasteiger partial charge in [0.1, 0.15) is 0 Å². The van der Waals surface area contributed by atoms with Gasteiger partial charge in [-0.3, -0.25) is 14.5 Å². The second-order valence-electron chi connectivity index (χ2n) is 6.91. The highest BCUT2D eigenvalue weighted by Crippen LogP contribution is 2.33. The summed E-state index contributed by atoms with van der Waals surface area (Å²) in [5, 5.41) is 2.86. The lowest BCUT2D eigenvalue weighted by molar-refractivity contribution is -0.136. The predicted octanol–water partition coefficient (Wildman–Crippen LogP) is 1.91. The SMILES string of the molecule is CC(C)CN1CCN(C(=O)[C@H]2CC(=O)Nc3ccccc32)CC1. The molecule has 1 atom stereocenters. The Morgan fingerprint density at radius 2 is 1.91 bits per heavy atom. The molecule has 23 heavy (non-hydrogen) atoms. The van der Waals surface area contributed by atoms with Gasteiger partial charge in [0.25, 0.3) is 0 Å². The van der Waals surface area contributed by atoms with Crippen molar-refractivity contribution < 1.29 is 9.59 Å². The monoisotopic (exact) mass is 315 g/mol. The smallest absolute Gasteiger partial charge is 0.230 e. The average Bonchev–Trinajstić information content (AvgIpc) is 2.53. The number of benzene rings is 1. The fraction of sp³-hybridized carbons (Fsp3) is 0.556. The van der Waals surface area contributed by atoms with Crippen molar-refractivity contribution in [3.8, 4) is 0 Å². The highest BCUT2D eigenvalue weighted by Gasteiger charge is 2.34. The molecule has 0 aliphatic carbocycles. The number of amides is 2. The Morgan fingerprint density at radius 3 is 2.61 bits per heavy atom. The summed E-state index contributed by atoms with van der Waals surface area (Å²) in [4.78, 5) is 29.2. The van der Waals surface area contributed by atoms with Crippen LogP contribution in [-0.4, -0.2) is 54.3 Å². The van der Waals surface area contributed by atoms with Crippen LogP contribution in [0.1, 0.15) is 31.7 Å². The zero-order chi connectivity index (χ0) is 16.4. The molecule has 124 valence electrons. The first-order valence-corrected chi connectivity index (χ1v) is 8.44. The van der Waals surface area contributed by atoms with E-state index >= 15 is 0 Å². The molecule has 0 radical (unpaired) electrons. The Balaban J connectivity index is 1.68. The van der Waals surface area contributed by atoms with E-state index in [1.165, 1.54) is 0 Å². The first-order chi connectivity index (χ1) is 11.0. The third-order valence-corrected chi connectivity index (χ3v) is 4.61. The van der Waals surface area contributed by atoms with E-state index in [9.17, 15) is 9.59 Å². The molecular formula is C18H25N3O2. The highest BCUT2D eigenvalue weighted by atomic mass is 16.2. The van der Waals surface area contributed by atoms with Crippen molar-refractivity contribution in [2.24, 2.45) is 5.92 Å². The number of carbonyl (C=O) groups excluding carboxylic acids is 2. The Morgan fingerprint density at radius 1 is 1.22 bits per heavy atom. The van der Waals surface area contributed by atoms with Gasteiger partial charge in [0, 0.05) is 44.8 Å². The topological polar surface area (TPSA) is 52.7 Å². The van der Waals surface area contributed by atoms with E-state index in [0.29, 0.717) is 5.92 Å². The summed E-state index contributed by atoms with van der Waals surface area (Å²) in [6, 6.07) is 7.63. The number of rotatable bonds is 3. The lowest BCUT2D eigenvalue weighted by atomic mass is 9.89. The molecule has 0 unspecified atom stereocenters. The van der Waals surface area contributed by atoms with E-state index in [1.54, 1.807) is 0 Å². The van der Waals surface area contributed by atoms with E-state index in [2.05, 4.69) is 24.1 Å². The van der Waals surface area contributed by atoms with Gasteiger partial charge in [0.15, 0.2) is 0 Å². The van der Waals surface area contributed by atoms with Gasteiger partial charge in [0.2, 0.25) is 11.8 Å². The lowest BCUT2D eigenvalue weighted by Crippen LogP contribution is -2.51. The van der Waals surface area contributed by atoms with E-state index in [0.717, 1.165) is 44.0 Å². The number of nitrogens with zero attached hydrogens (tertiary/aromatic N) is 2. The molecule has 1 saturated heterocycles. The third-order valence-electron chi connectivity index (χ3n) is 4.61. The van der Waals surface area contributed by atoms with Crippen LogP contribution in [0, 0.1) is 5.92 Å². The van der Waals surface area contributed by atoms with Crippen LogP contribution in [-0.2, 0) is 9.59 Å². The predicted molar refractivity (Wildman–Crippen MR) is 90.3 cm³/mol. The normalized spacial score (nSPS) is 22.0. The molecule has 1 fully saturated rings. The van der Waals surface area contributed by atoms with Crippen LogP contribution in [0.15, 0.2) is 24.3 Å². The van der Waals surface area contributed by atoms with Crippen LogP contribution in [0.25, 0.3) is 0 Å². The van der Waals surface area contributed by atoms with E-state index in [-0.39, 0.29) is 24.2 Å². The summed E-state index contributed by atoms with van der Waals surface area (Å²) in [7, 11) is 0. The number of para-hydroxylation sites is 1. The number of nitrogens with one attached hydrogen (secondary N) is 1. The van der Waals surface area contributed by atoms with Crippen molar-refractivity contribution in [1.82, 2.24) is 9.80 Å².